The first kappa shape index (κ1) is 10.1. The van der Waals surface area contributed by atoms with Gasteiger partial charge in [-0.1, -0.05) is 48.1 Å². The highest BCUT2D eigenvalue weighted by molar-refractivity contribution is 5.24. The van der Waals surface area contributed by atoms with E-state index in [0.29, 0.717) is 5.92 Å². The molecule has 0 aliphatic heterocycles. The molecule has 0 saturated heterocycles. The van der Waals surface area contributed by atoms with Crippen molar-refractivity contribution in [3.8, 4) is 0 Å². The summed E-state index contributed by atoms with van der Waals surface area (Å²) >= 11 is 0. The molecule has 1 atom stereocenters. The van der Waals surface area contributed by atoms with Crippen LogP contribution in [0, 0.1) is 12.3 Å². The molecule has 15 heavy (non-hydrogen) atoms. The maximum Gasteiger partial charge on any atom is 0.120 e. The molecule has 0 saturated carbocycles. The van der Waals surface area contributed by atoms with Gasteiger partial charge in [0.2, 0.25) is 0 Å². The zero-order valence-electron chi connectivity index (χ0n) is 9.19. The van der Waals surface area contributed by atoms with E-state index in [4.69, 9.17) is 0 Å². The average molecular weight is 197 g/mol. The van der Waals surface area contributed by atoms with Crippen LogP contribution in [0.25, 0.3) is 0 Å². The highest BCUT2D eigenvalue weighted by Gasteiger charge is 2.15. The summed E-state index contributed by atoms with van der Waals surface area (Å²) in [5.41, 5.74) is 2.79. The van der Waals surface area contributed by atoms with E-state index < -0.39 is 0 Å². The van der Waals surface area contributed by atoms with E-state index in [-0.39, 0.29) is 0 Å². The molecule has 0 amide bonds. The van der Waals surface area contributed by atoms with Crippen LogP contribution in [-0.2, 0) is 6.42 Å². The Kier molecular flexibility index (Phi) is 3.29. The van der Waals surface area contributed by atoms with Crippen LogP contribution in [0.15, 0.2) is 54.1 Å². The fraction of sp³-hybridized carbons (Fsp3) is 0.267. The predicted octanol–water partition coefficient (Wildman–Crippen LogP) is 3.96. The minimum atomic E-state index is 0.619. The van der Waals surface area contributed by atoms with E-state index in [1.807, 2.05) is 0 Å². The Hall–Kier alpha value is -1.43. The summed E-state index contributed by atoms with van der Waals surface area (Å²) in [7, 11) is 0. The lowest BCUT2D eigenvalue weighted by atomic mass is 9.91. The van der Waals surface area contributed by atoms with E-state index in [1.54, 1.807) is 0 Å². The Morgan fingerprint density at radius 1 is 1.27 bits per heavy atom. The van der Waals surface area contributed by atoms with Gasteiger partial charge >= 0.3 is 0 Å². The molecule has 0 heterocycles. The number of rotatable bonds is 3. The molecular weight excluding hydrogens is 180 g/mol. The first-order chi connectivity index (χ1) is 7.34. The summed E-state index contributed by atoms with van der Waals surface area (Å²) in [6, 6.07) is 10.6. The standard InChI is InChI=1S/C15H17/c1-13-7-9-15(10-8-13)12-11-14-5-3-2-4-6-14/h2-9,12,15H,10-11H2,1H3/q+1. The van der Waals surface area contributed by atoms with Crippen molar-refractivity contribution in [2.24, 2.45) is 5.92 Å². The van der Waals surface area contributed by atoms with Gasteiger partial charge in [0.15, 0.2) is 0 Å². The molecule has 0 N–H and O–H groups in total. The SMILES string of the molecule is CC1=CCC([CH+]Cc2ccccc2)C=C1. The summed E-state index contributed by atoms with van der Waals surface area (Å²) in [4.78, 5) is 0. The largest absolute Gasteiger partial charge is 0.120 e. The zero-order chi connectivity index (χ0) is 10.5. The van der Waals surface area contributed by atoms with Crippen molar-refractivity contribution in [3.63, 3.8) is 0 Å². The third-order valence-electron chi connectivity index (χ3n) is 2.82. The van der Waals surface area contributed by atoms with Gasteiger partial charge in [-0.2, -0.15) is 0 Å². The summed E-state index contributed by atoms with van der Waals surface area (Å²) < 4.78 is 0. The predicted molar refractivity (Wildman–Crippen MR) is 65.5 cm³/mol. The second kappa shape index (κ2) is 4.88. The number of hydrogen-bond donors (Lipinski definition) is 0. The van der Waals surface area contributed by atoms with Crippen LogP contribution in [0.2, 0.25) is 0 Å². The molecule has 0 aromatic heterocycles. The Morgan fingerprint density at radius 3 is 2.73 bits per heavy atom. The van der Waals surface area contributed by atoms with Gasteiger partial charge in [-0.05, 0) is 18.6 Å². The fourth-order valence-corrected chi connectivity index (χ4v) is 1.82. The van der Waals surface area contributed by atoms with Crippen molar-refractivity contribution in [3.05, 3.63) is 66.1 Å². The van der Waals surface area contributed by atoms with Gasteiger partial charge in [0.05, 0.1) is 6.42 Å². The molecule has 0 radical (unpaired) electrons. The smallest absolute Gasteiger partial charge is 0.0767 e. The van der Waals surface area contributed by atoms with E-state index in [9.17, 15) is 0 Å². The summed E-state index contributed by atoms with van der Waals surface area (Å²) in [5.74, 6) is 0.619. The van der Waals surface area contributed by atoms with E-state index in [0.717, 1.165) is 12.8 Å². The van der Waals surface area contributed by atoms with Crippen molar-refractivity contribution in [2.45, 2.75) is 19.8 Å². The lowest BCUT2D eigenvalue weighted by Crippen LogP contribution is -2.02. The molecule has 1 aromatic carbocycles. The van der Waals surface area contributed by atoms with Gasteiger partial charge in [-0.25, -0.2) is 0 Å². The van der Waals surface area contributed by atoms with Gasteiger partial charge < -0.3 is 0 Å². The quantitative estimate of drug-likeness (QED) is 0.643. The normalized spacial score (nSPS) is 19.8. The van der Waals surface area contributed by atoms with E-state index in [1.165, 1.54) is 11.1 Å². The summed E-state index contributed by atoms with van der Waals surface area (Å²) in [6.45, 7) is 2.16. The monoisotopic (exact) mass is 197 g/mol. The molecule has 2 rings (SSSR count). The zero-order valence-corrected chi connectivity index (χ0v) is 9.19. The van der Waals surface area contributed by atoms with Gasteiger partial charge in [0.1, 0.15) is 12.3 Å². The highest BCUT2D eigenvalue weighted by Crippen LogP contribution is 2.20. The lowest BCUT2D eigenvalue weighted by molar-refractivity contribution is 0.727. The van der Waals surface area contributed by atoms with Crippen LogP contribution >= 0.6 is 0 Å². The van der Waals surface area contributed by atoms with Crippen molar-refractivity contribution in [2.75, 3.05) is 0 Å². The Morgan fingerprint density at radius 2 is 2.07 bits per heavy atom. The van der Waals surface area contributed by atoms with Gasteiger partial charge in [0.25, 0.3) is 0 Å². The van der Waals surface area contributed by atoms with Crippen LogP contribution in [0.1, 0.15) is 18.9 Å². The fourth-order valence-electron chi connectivity index (χ4n) is 1.82. The highest BCUT2D eigenvalue weighted by atomic mass is 14.1. The molecule has 1 aromatic rings. The van der Waals surface area contributed by atoms with Gasteiger partial charge in [-0.3, -0.25) is 0 Å². The molecule has 1 aliphatic rings. The molecule has 1 aliphatic carbocycles. The topological polar surface area (TPSA) is 0 Å². The minimum absolute atomic E-state index is 0.619. The summed E-state index contributed by atoms with van der Waals surface area (Å²) in [5, 5.41) is 0. The molecule has 76 valence electrons. The van der Waals surface area contributed by atoms with Crippen molar-refractivity contribution < 1.29 is 0 Å². The third kappa shape index (κ3) is 3.02. The van der Waals surface area contributed by atoms with Gasteiger partial charge in [-0.15, -0.1) is 0 Å². The average Bonchev–Trinajstić information content (AvgIpc) is 2.30. The Bertz CT molecular complexity index is 357. The first-order valence-corrected chi connectivity index (χ1v) is 5.57. The minimum Gasteiger partial charge on any atom is -0.0767 e. The van der Waals surface area contributed by atoms with E-state index in [2.05, 4.69) is 61.9 Å². The number of allylic oxidation sites excluding steroid dienone is 4. The molecule has 0 spiro atoms. The van der Waals surface area contributed by atoms with Crippen molar-refractivity contribution >= 4 is 0 Å². The van der Waals surface area contributed by atoms with Crippen molar-refractivity contribution in [1.29, 1.82) is 0 Å². The van der Waals surface area contributed by atoms with Crippen LogP contribution in [0.5, 0.6) is 0 Å². The maximum atomic E-state index is 2.40. The summed E-state index contributed by atoms with van der Waals surface area (Å²) in [6.07, 6.45) is 11.5. The first-order valence-electron chi connectivity index (χ1n) is 5.57. The second-order valence-corrected chi connectivity index (χ2v) is 4.13. The molecule has 0 fully saturated rings. The number of hydrogen-bond acceptors (Lipinski definition) is 0. The van der Waals surface area contributed by atoms with E-state index >= 15 is 0 Å². The van der Waals surface area contributed by atoms with Crippen LogP contribution in [-0.4, -0.2) is 0 Å². The third-order valence-corrected chi connectivity index (χ3v) is 2.82. The lowest BCUT2D eigenvalue weighted by Gasteiger charge is -2.07. The molecule has 1 unspecified atom stereocenters. The molecule has 0 bridgehead atoms. The Balaban J connectivity index is 1.83. The molecular formula is C15H17+. The molecule has 0 heteroatoms. The Labute approximate surface area is 92.3 Å². The second-order valence-electron chi connectivity index (χ2n) is 4.13. The molecule has 0 nitrogen and oxygen atoms in total. The van der Waals surface area contributed by atoms with Crippen molar-refractivity contribution in [1.82, 2.24) is 0 Å². The van der Waals surface area contributed by atoms with Crippen LogP contribution < -0.4 is 0 Å². The maximum absolute atomic E-state index is 2.40. The van der Waals surface area contributed by atoms with Crippen LogP contribution in [0.4, 0.5) is 0 Å². The number of benzene rings is 1. The van der Waals surface area contributed by atoms with Crippen LogP contribution in [0.3, 0.4) is 0 Å². The van der Waals surface area contributed by atoms with Gasteiger partial charge in [0, 0.05) is 6.42 Å².